The van der Waals surface area contributed by atoms with E-state index in [0.29, 0.717) is 6.61 Å². The van der Waals surface area contributed by atoms with Crippen molar-refractivity contribution in [1.29, 1.82) is 0 Å². The van der Waals surface area contributed by atoms with Crippen LogP contribution in [0.3, 0.4) is 0 Å². The molecule has 2 fully saturated rings. The number of hydrogen-bond acceptors (Lipinski definition) is 8. The van der Waals surface area contributed by atoms with Crippen LogP contribution < -0.4 is 0 Å². The van der Waals surface area contributed by atoms with Crippen molar-refractivity contribution in [3.63, 3.8) is 0 Å². The lowest BCUT2D eigenvalue weighted by atomic mass is 9.77. The van der Waals surface area contributed by atoms with Gasteiger partial charge in [0.1, 0.15) is 23.9 Å². The smallest absolute Gasteiger partial charge is 0.186 e. The van der Waals surface area contributed by atoms with Crippen molar-refractivity contribution in [2.45, 2.75) is 145 Å². The summed E-state index contributed by atoms with van der Waals surface area (Å²) in [5.41, 5.74) is -2.70. The van der Waals surface area contributed by atoms with E-state index in [0.717, 1.165) is 12.8 Å². The zero-order chi connectivity index (χ0) is 26.3. The fraction of sp³-hybridized carbons (Fsp3) is 1.00. The summed E-state index contributed by atoms with van der Waals surface area (Å²) in [6.45, 7) is 2.58. The third-order valence-electron chi connectivity index (χ3n) is 7.97. The zero-order valence-electron chi connectivity index (χ0n) is 22.9. The Hall–Kier alpha value is -0.320. The maximum atomic E-state index is 10.6. The molecule has 0 saturated carbocycles. The Morgan fingerprint density at radius 1 is 0.750 bits per heavy atom. The summed E-state index contributed by atoms with van der Waals surface area (Å²) in [4.78, 5) is 0. The molecule has 2 aliphatic rings. The van der Waals surface area contributed by atoms with Crippen LogP contribution >= 0.6 is 0 Å². The third kappa shape index (κ3) is 9.16. The van der Waals surface area contributed by atoms with Gasteiger partial charge in [-0.05, 0) is 6.42 Å². The second-order valence-electron chi connectivity index (χ2n) is 10.8. The Bertz CT molecular complexity index is 556. The Morgan fingerprint density at radius 3 is 1.64 bits per heavy atom. The van der Waals surface area contributed by atoms with Gasteiger partial charge < -0.3 is 39.4 Å². The number of epoxide rings is 1. The van der Waals surface area contributed by atoms with Crippen molar-refractivity contribution in [1.82, 2.24) is 0 Å². The van der Waals surface area contributed by atoms with E-state index in [1.165, 1.54) is 97.0 Å². The standard InChI is InChI=1S/C28H54O8/c1-3-4-5-6-7-8-9-10-11-12-13-14-15-16-17-18-19-34-21-27(22-35-27)28(20-29)25(32)23(30)24(31)26(33-2)36-28/h23-26,29-32H,3-22H2,1-2H3/t23-,24-,25+,26-,27?,28?/m0/s1. The van der Waals surface area contributed by atoms with Crippen molar-refractivity contribution in [3.8, 4) is 0 Å². The Labute approximate surface area is 218 Å². The zero-order valence-corrected chi connectivity index (χ0v) is 22.9. The van der Waals surface area contributed by atoms with Gasteiger partial charge in [-0.15, -0.1) is 0 Å². The van der Waals surface area contributed by atoms with Crippen LogP contribution in [0.1, 0.15) is 110 Å². The summed E-state index contributed by atoms with van der Waals surface area (Å²) in [6, 6.07) is 0. The highest BCUT2D eigenvalue weighted by molar-refractivity contribution is 5.17. The quantitative estimate of drug-likeness (QED) is 0.126. The van der Waals surface area contributed by atoms with Crippen LogP contribution in [0.15, 0.2) is 0 Å². The van der Waals surface area contributed by atoms with E-state index >= 15 is 0 Å². The van der Waals surface area contributed by atoms with Crippen LogP contribution in [0.4, 0.5) is 0 Å². The van der Waals surface area contributed by atoms with Crippen LogP contribution in [0.5, 0.6) is 0 Å². The summed E-state index contributed by atoms with van der Waals surface area (Å²) in [6.07, 6.45) is 15.4. The molecule has 0 radical (unpaired) electrons. The Morgan fingerprint density at radius 2 is 1.22 bits per heavy atom. The van der Waals surface area contributed by atoms with E-state index in [2.05, 4.69) is 6.92 Å². The molecule has 0 aliphatic carbocycles. The minimum atomic E-state index is -1.62. The molecule has 2 unspecified atom stereocenters. The Kier molecular flexibility index (Phi) is 15.3. The van der Waals surface area contributed by atoms with Crippen LogP contribution in [-0.2, 0) is 18.9 Å². The molecular formula is C28H54O8. The van der Waals surface area contributed by atoms with Gasteiger partial charge in [0.2, 0.25) is 0 Å². The summed E-state index contributed by atoms with van der Waals surface area (Å²) in [5.74, 6) is 0. The molecule has 2 rings (SSSR count). The highest BCUT2D eigenvalue weighted by Gasteiger charge is 2.70. The van der Waals surface area contributed by atoms with Crippen LogP contribution in [-0.4, -0.2) is 89.8 Å². The first kappa shape index (κ1) is 31.9. The fourth-order valence-electron chi connectivity index (χ4n) is 5.34. The number of unbranched alkanes of at least 4 members (excludes halogenated alkanes) is 15. The normalized spacial score (nSPS) is 32.2. The summed E-state index contributed by atoms with van der Waals surface area (Å²) in [7, 11) is 1.33. The molecule has 2 aliphatic heterocycles. The molecule has 36 heavy (non-hydrogen) atoms. The SMILES string of the molecule is CCCCCCCCCCCCCCCCCCOCC1(C2(CO)O[C@H](OC)[C@@H](O)[C@H](O)[C@H]2O)CO1. The van der Waals surface area contributed by atoms with E-state index in [1.807, 2.05) is 0 Å². The second-order valence-corrected chi connectivity index (χ2v) is 10.8. The largest absolute Gasteiger partial charge is 0.393 e. The topological polar surface area (TPSA) is 121 Å². The summed E-state index contributed by atoms with van der Waals surface area (Å²) < 4.78 is 22.3. The number of rotatable bonds is 22. The van der Waals surface area contributed by atoms with Gasteiger partial charge in [0.25, 0.3) is 0 Å². The number of methoxy groups -OCH3 is 1. The van der Waals surface area contributed by atoms with Crippen molar-refractivity contribution in [2.75, 3.05) is 33.5 Å². The molecule has 0 aromatic rings. The van der Waals surface area contributed by atoms with Gasteiger partial charge in [-0.1, -0.05) is 103 Å². The van der Waals surface area contributed by atoms with E-state index in [1.54, 1.807) is 0 Å². The highest BCUT2D eigenvalue weighted by atomic mass is 16.7. The van der Waals surface area contributed by atoms with E-state index in [9.17, 15) is 20.4 Å². The number of ether oxygens (including phenoxy) is 4. The minimum Gasteiger partial charge on any atom is -0.393 e. The van der Waals surface area contributed by atoms with Gasteiger partial charge in [-0.2, -0.15) is 0 Å². The van der Waals surface area contributed by atoms with E-state index < -0.39 is 42.4 Å². The van der Waals surface area contributed by atoms with Gasteiger partial charge in [0.15, 0.2) is 11.9 Å². The summed E-state index contributed by atoms with van der Waals surface area (Å²) >= 11 is 0. The molecule has 214 valence electrons. The Balaban J connectivity index is 1.48. The number of aliphatic hydroxyl groups excluding tert-OH is 4. The molecule has 6 atom stereocenters. The maximum Gasteiger partial charge on any atom is 0.186 e. The lowest BCUT2D eigenvalue weighted by Gasteiger charge is -2.49. The fourth-order valence-corrected chi connectivity index (χ4v) is 5.34. The number of aliphatic hydroxyl groups is 4. The predicted molar refractivity (Wildman–Crippen MR) is 139 cm³/mol. The average Bonchev–Trinajstić information content (AvgIpc) is 3.68. The molecule has 0 amide bonds. The van der Waals surface area contributed by atoms with Crippen molar-refractivity contribution < 1.29 is 39.4 Å². The van der Waals surface area contributed by atoms with Crippen LogP contribution in [0, 0.1) is 0 Å². The minimum absolute atomic E-state index is 0.128. The molecule has 2 saturated heterocycles. The summed E-state index contributed by atoms with van der Waals surface area (Å²) in [5, 5.41) is 41.0. The first-order valence-corrected chi connectivity index (χ1v) is 14.6. The monoisotopic (exact) mass is 518 g/mol. The van der Waals surface area contributed by atoms with Gasteiger partial charge in [-0.3, -0.25) is 0 Å². The van der Waals surface area contributed by atoms with Gasteiger partial charge in [0, 0.05) is 13.7 Å². The third-order valence-corrected chi connectivity index (χ3v) is 7.97. The molecule has 0 aromatic heterocycles. The molecule has 0 spiro atoms. The van der Waals surface area contributed by atoms with E-state index in [4.69, 9.17) is 18.9 Å². The predicted octanol–water partition coefficient (Wildman–Crippen LogP) is 3.85. The first-order chi connectivity index (χ1) is 17.5. The van der Waals surface area contributed by atoms with Crippen molar-refractivity contribution in [3.05, 3.63) is 0 Å². The average molecular weight is 519 g/mol. The molecule has 0 aromatic carbocycles. The highest BCUT2D eigenvalue weighted by Crippen LogP contribution is 2.47. The lowest BCUT2D eigenvalue weighted by Crippen LogP contribution is -2.72. The van der Waals surface area contributed by atoms with Crippen LogP contribution in [0.25, 0.3) is 0 Å². The van der Waals surface area contributed by atoms with Crippen molar-refractivity contribution >= 4 is 0 Å². The number of hydrogen-bond donors (Lipinski definition) is 4. The van der Waals surface area contributed by atoms with Gasteiger partial charge in [-0.25, -0.2) is 0 Å². The maximum absolute atomic E-state index is 10.6. The molecule has 8 nitrogen and oxygen atoms in total. The van der Waals surface area contributed by atoms with Crippen molar-refractivity contribution in [2.24, 2.45) is 0 Å². The van der Waals surface area contributed by atoms with Gasteiger partial charge >= 0.3 is 0 Å². The first-order valence-electron chi connectivity index (χ1n) is 14.6. The molecule has 0 bridgehead atoms. The molecule has 2 heterocycles. The van der Waals surface area contributed by atoms with E-state index in [-0.39, 0.29) is 13.2 Å². The molecule has 8 heteroatoms. The molecular weight excluding hydrogens is 464 g/mol. The lowest BCUT2D eigenvalue weighted by molar-refractivity contribution is -0.349. The van der Waals surface area contributed by atoms with Gasteiger partial charge in [0.05, 0.1) is 19.8 Å². The second kappa shape index (κ2) is 17.3. The van der Waals surface area contributed by atoms with Crippen LogP contribution in [0.2, 0.25) is 0 Å². The molecule has 4 N–H and O–H groups in total.